The first-order valence-corrected chi connectivity index (χ1v) is 4.72. The van der Waals surface area contributed by atoms with E-state index in [4.69, 9.17) is 5.73 Å². The van der Waals surface area contributed by atoms with Crippen LogP contribution in [0.3, 0.4) is 0 Å². The second-order valence-electron chi connectivity index (χ2n) is 3.07. The van der Waals surface area contributed by atoms with E-state index in [2.05, 4.69) is 27.7 Å². The molecule has 15 heavy (non-hydrogen) atoms. The Balaban J connectivity index is 2.73. The highest BCUT2D eigenvalue weighted by molar-refractivity contribution is 7.80. The molecule has 1 heterocycles. The minimum Gasteiger partial charge on any atom is -0.378 e. The van der Waals surface area contributed by atoms with Gasteiger partial charge in [-0.25, -0.2) is 0 Å². The number of anilines is 1. The fourth-order valence-electron chi connectivity index (χ4n) is 0.947. The number of hydrogen-bond acceptors (Lipinski definition) is 4. The standard InChI is InChI=1S/C9H13N5S/c1-14(2)8-3-4-11-7(5-8)6-12-13-9(10)15/h3-6H,1-2H3,(H3,10,13,15)/b12-6+. The van der Waals surface area contributed by atoms with Gasteiger partial charge in [-0.3, -0.25) is 10.4 Å². The van der Waals surface area contributed by atoms with Crippen molar-refractivity contribution in [2.24, 2.45) is 10.8 Å². The van der Waals surface area contributed by atoms with Gasteiger partial charge >= 0.3 is 0 Å². The van der Waals surface area contributed by atoms with Crippen LogP contribution >= 0.6 is 12.2 Å². The predicted octanol–water partition coefficient (Wildman–Crippen LogP) is 0.315. The molecule has 0 atom stereocenters. The van der Waals surface area contributed by atoms with E-state index in [0.29, 0.717) is 0 Å². The summed E-state index contributed by atoms with van der Waals surface area (Å²) in [4.78, 5) is 6.10. The van der Waals surface area contributed by atoms with Gasteiger partial charge in [0, 0.05) is 26.0 Å². The third kappa shape index (κ3) is 3.90. The number of aromatic nitrogens is 1. The molecule has 5 nitrogen and oxygen atoms in total. The van der Waals surface area contributed by atoms with Crippen LogP contribution in [-0.2, 0) is 0 Å². The van der Waals surface area contributed by atoms with Crippen LogP contribution in [0.15, 0.2) is 23.4 Å². The molecule has 0 aromatic carbocycles. The monoisotopic (exact) mass is 223 g/mol. The molecule has 0 unspecified atom stereocenters. The van der Waals surface area contributed by atoms with Gasteiger partial charge in [0.2, 0.25) is 0 Å². The van der Waals surface area contributed by atoms with Crippen LogP contribution in [0.5, 0.6) is 0 Å². The highest BCUT2D eigenvalue weighted by atomic mass is 32.1. The van der Waals surface area contributed by atoms with Gasteiger partial charge in [0.15, 0.2) is 5.11 Å². The molecule has 1 aromatic rings. The maximum Gasteiger partial charge on any atom is 0.184 e. The quantitative estimate of drug-likeness (QED) is 0.439. The summed E-state index contributed by atoms with van der Waals surface area (Å²) in [6, 6.07) is 3.82. The van der Waals surface area contributed by atoms with Crippen LogP contribution in [0, 0.1) is 0 Å². The largest absolute Gasteiger partial charge is 0.378 e. The molecule has 0 saturated heterocycles. The number of hydrogen-bond donors (Lipinski definition) is 2. The van der Waals surface area contributed by atoms with Crippen molar-refractivity contribution >= 4 is 29.2 Å². The number of nitrogens with two attached hydrogens (primary N) is 1. The Kier molecular flexibility index (Phi) is 3.99. The molecule has 3 N–H and O–H groups in total. The first-order valence-electron chi connectivity index (χ1n) is 4.31. The van der Waals surface area contributed by atoms with Crippen molar-refractivity contribution in [1.82, 2.24) is 10.4 Å². The molecule has 0 fully saturated rings. The third-order valence-electron chi connectivity index (χ3n) is 1.65. The summed E-state index contributed by atoms with van der Waals surface area (Å²) in [6.45, 7) is 0. The minimum absolute atomic E-state index is 0.134. The van der Waals surface area contributed by atoms with E-state index in [1.54, 1.807) is 12.4 Å². The SMILES string of the molecule is CN(C)c1ccnc(/C=N/NC(N)=S)c1. The Bertz CT molecular complexity index is 375. The zero-order valence-electron chi connectivity index (χ0n) is 8.64. The Hall–Kier alpha value is -1.69. The maximum absolute atomic E-state index is 5.21. The molecular formula is C9H13N5S. The van der Waals surface area contributed by atoms with Gasteiger partial charge in [0.05, 0.1) is 11.9 Å². The molecule has 1 rings (SSSR count). The molecule has 0 radical (unpaired) electrons. The lowest BCUT2D eigenvalue weighted by Gasteiger charge is -2.11. The molecule has 0 aliphatic heterocycles. The average Bonchev–Trinajstić information content (AvgIpc) is 2.17. The first kappa shape index (κ1) is 11.4. The summed E-state index contributed by atoms with van der Waals surface area (Å²) >= 11 is 4.60. The van der Waals surface area contributed by atoms with Crippen LogP contribution in [-0.4, -0.2) is 30.4 Å². The fraction of sp³-hybridized carbons (Fsp3) is 0.222. The number of hydrazone groups is 1. The van der Waals surface area contributed by atoms with Crippen molar-refractivity contribution in [2.75, 3.05) is 19.0 Å². The number of nitrogens with one attached hydrogen (secondary N) is 1. The van der Waals surface area contributed by atoms with Crippen LogP contribution in [0.4, 0.5) is 5.69 Å². The van der Waals surface area contributed by atoms with Crippen molar-refractivity contribution in [1.29, 1.82) is 0 Å². The van der Waals surface area contributed by atoms with Gasteiger partial charge in [-0.15, -0.1) is 0 Å². The molecule has 0 aliphatic rings. The van der Waals surface area contributed by atoms with Gasteiger partial charge in [-0.1, -0.05) is 0 Å². The number of nitrogens with zero attached hydrogens (tertiary/aromatic N) is 3. The number of thiocarbonyl (C=S) groups is 1. The van der Waals surface area contributed by atoms with E-state index in [1.165, 1.54) is 0 Å². The summed E-state index contributed by atoms with van der Waals surface area (Å²) in [5.41, 5.74) is 9.48. The second kappa shape index (κ2) is 5.26. The molecule has 0 saturated carbocycles. The van der Waals surface area contributed by atoms with Crippen LogP contribution in [0.1, 0.15) is 5.69 Å². The van der Waals surface area contributed by atoms with Crippen molar-refractivity contribution in [3.05, 3.63) is 24.0 Å². The van der Waals surface area contributed by atoms with Crippen molar-refractivity contribution in [3.8, 4) is 0 Å². The minimum atomic E-state index is 0.134. The van der Waals surface area contributed by atoms with Crippen LogP contribution in [0.25, 0.3) is 0 Å². The highest BCUT2D eigenvalue weighted by Gasteiger charge is 1.96. The van der Waals surface area contributed by atoms with E-state index in [1.807, 2.05) is 31.1 Å². The normalized spacial score (nSPS) is 10.3. The summed E-state index contributed by atoms with van der Waals surface area (Å²) in [5, 5.41) is 3.95. The summed E-state index contributed by atoms with van der Waals surface area (Å²) in [7, 11) is 3.92. The third-order valence-corrected chi connectivity index (χ3v) is 1.74. The molecule has 80 valence electrons. The number of rotatable bonds is 3. The first-order chi connectivity index (χ1) is 7.09. The van der Waals surface area contributed by atoms with E-state index < -0.39 is 0 Å². The molecule has 1 aromatic heterocycles. The van der Waals surface area contributed by atoms with E-state index >= 15 is 0 Å². The van der Waals surface area contributed by atoms with Gasteiger partial charge in [0.25, 0.3) is 0 Å². The average molecular weight is 223 g/mol. The Morgan fingerprint density at radius 1 is 1.67 bits per heavy atom. The van der Waals surface area contributed by atoms with Crippen molar-refractivity contribution in [2.45, 2.75) is 0 Å². The van der Waals surface area contributed by atoms with Crippen LogP contribution in [0.2, 0.25) is 0 Å². The Morgan fingerprint density at radius 2 is 2.40 bits per heavy atom. The predicted molar refractivity (Wildman–Crippen MR) is 66.1 cm³/mol. The number of pyridine rings is 1. The van der Waals surface area contributed by atoms with Crippen LogP contribution < -0.4 is 16.1 Å². The Labute approximate surface area is 94.0 Å². The lowest BCUT2D eigenvalue weighted by Crippen LogP contribution is -2.24. The summed E-state index contributed by atoms with van der Waals surface area (Å²) < 4.78 is 0. The smallest absolute Gasteiger partial charge is 0.184 e. The van der Waals surface area contributed by atoms with E-state index in [9.17, 15) is 0 Å². The van der Waals surface area contributed by atoms with E-state index in [0.717, 1.165) is 11.4 Å². The van der Waals surface area contributed by atoms with Gasteiger partial charge in [-0.05, 0) is 24.4 Å². The lowest BCUT2D eigenvalue weighted by atomic mass is 10.3. The van der Waals surface area contributed by atoms with Gasteiger partial charge in [-0.2, -0.15) is 5.10 Å². The fourth-order valence-corrected chi connectivity index (χ4v) is 1.00. The molecule has 0 amide bonds. The molecule has 0 bridgehead atoms. The van der Waals surface area contributed by atoms with Crippen molar-refractivity contribution < 1.29 is 0 Å². The second-order valence-corrected chi connectivity index (χ2v) is 3.51. The zero-order chi connectivity index (χ0) is 11.3. The molecule has 0 aliphatic carbocycles. The summed E-state index contributed by atoms with van der Waals surface area (Å²) in [5.74, 6) is 0. The van der Waals surface area contributed by atoms with Crippen molar-refractivity contribution in [3.63, 3.8) is 0 Å². The molecular weight excluding hydrogens is 210 g/mol. The highest BCUT2D eigenvalue weighted by Crippen LogP contribution is 2.09. The van der Waals surface area contributed by atoms with Gasteiger partial charge < -0.3 is 10.6 Å². The molecule has 0 spiro atoms. The topological polar surface area (TPSA) is 66.5 Å². The zero-order valence-corrected chi connectivity index (χ0v) is 9.45. The maximum atomic E-state index is 5.21. The van der Waals surface area contributed by atoms with Gasteiger partial charge in [0.1, 0.15) is 0 Å². The summed E-state index contributed by atoms with van der Waals surface area (Å²) in [6.07, 6.45) is 3.28. The molecule has 6 heteroatoms. The lowest BCUT2D eigenvalue weighted by molar-refractivity contribution is 1.04. The Morgan fingerprint density at radius 3 is 3.00 bits per heavy atom. The van der Waals surface area contributed by atoms with E-state index in [-0.39, 0.29) is 5.11 Å².